The van der Waals surface area contributed by atoms with E-state index in [-0.39, 0.29) is 18.6 Å². The van der Waals surface area contributed by atoms with Gasteiger partial charge in [-0.2, -0.15) is 0 Å². The fourth-order valence-corrected chi connectivity index (χ4v) is 2.83. The predicted octanol–water partition coefficient (Wildman–Crippen LogP) is 3.73. The minimum Gasteiger partial charge on any atom is -0.446 e. The van der Waals surface area contributed by atoms with Crippen molar-refractivity contribution in [3.8, 4) is 0 Å². The van der Waals surface area contributed by atoms with Crippen LogP contribution in [0, 0.1) is 0 Å². The highest BCUT2D eigenvalue weighted by molar-refractivity contribution is 5.93. The van der Waals surface area contributed by atoms with Crippen molar-refractivity contribution in [1.29, 1.82) is 0 Å². The van der Waals surface area contributed by atoms with Crippen LogP contribution in [0.4, 0.5) is 4.79 Å². The van der Waals surface area contributed by atoms with E-state index in [2.05, 4.69) is 0 Å². The van der Waals surface area contributed by atoms with Gasteiger partial charge in [0.25, 0.3) is 0 Å². The number of carbonyl (C=O) groups excluding carboxylic acids is 2. The molecule has 0 radical (unpaired) electrons. The Morgan fingerprint density at radius 3 is 2.39 bits per heavy atom. The van der Waals surface area contributed by atoms with Gasteiger partial charge in [0.2, 0.25) is 5.91 Å². The van der Waals surface area contributed by atoms with Crippen molar-refractivity contribution in [3.63, 3.8) is 0 Å². The number of nitrogens with zero attached hydrogens (tertiary/aromatic N) is 1. The van der Waals surface area contributed by atoms with Crippen LogP contribution in [0.2, 0.25) is 0 Å². The summed E-state index contributed by atoms with van der Waals surface area (Å²) in [7, 11) is 0. The van der Waals surface area contributed by atoms with Gasteiger partial charge >= 0.3 is 6.09 Å². The minimum absolute atomic E-state index is 0.169. The molecular formula is C19H19NO3. The van der Waals surface area contributed by atoms with Crippen LogP contribution in [0.1, 0.15) is 30.0 Å². The molecule has 0 unspecified atom stereocenters. The average Bonchev–Trinajstić information content (AvgIpc) is 2.98. The summed E-state index contributed by atoms with van der Waals surface area (Å²) in [5, 5.41) is 0. The van der Waals surface area contributed by atoms with Gasteiger partial charge in [-0.25, -0.2) is 9.69 Å². The Morgan fingerprint density at radius 2 is 1.70 bits per heavy atom. The van der Waals surface area contributed by atoms with Crippen molar-refractivity contribution in [2.75, 3.05) is 6.61 Å². The number of cyclic esters (lactones) is 1. The number of carbonyl (C=O) groups is 2. The number of aryl methyl sites for hydroxylation is 1. The molecule has 1 aliphatic rings. The third kappa shape index (κ3) is 3.59. The van der Waals surface area contributed by atoms with E-state index in [1.54, 1.807) is 0 Å². The first-order chi connectivity index (χ1) is 11.3. The molecule has 1 heterocycles. The Bertz CT molecular complexity index is 670. The third-order valence-corrected chi connectivity index (χ3v) is 4.03. The molecule has 0 N–H and O–H groups in total. The van der Waals surface area contributed by atoms with Crippen molar-refractivity contribution < 1.29 is 14.3 Å². The van der Waals surface area contributed by atoms with Gasteiger partial charge in [-0.1, -0.05) is 60.7 Å². The van der Waals surface area contributed by atoms with E-state index in [0.29, 0.717) is 12.8 Å². The molecular weight excluding hydrogens is 290 g/mol. The molecule has 4 heteroatoms. The first kappa shape index (κ1) is 15.3. The maximum Gasteiger partial charge on any atom is 0.417 e. The summed E-state index contributed by atoms with van der Waals surface area (Å²) in [5.41, 5.74) is 2.12. The highest BCUT2D eigenvalue weighted by Gasteiger charge is 2.38. The number of rotatable bonds is 5. The first-order valence-electron chi connectivity index (χ1n) is 7.83. The van der Waals surface area contributed by atoms with Crippen LogP contribution in [-0.4, -0.2) is 23.5 Å². The van der Waals surface area contributed by atoms with Gasteiger partial charge in [0.15, 0.2) is 0 Å². The van der Waals surface area contributed by atoms with E-state index in [0.717, 1.165) is 12.0 Å². The molecule has 1 aliphatic heterocycles. The van der Waals surface area contributed by atoms with Crippen LogP contribution in [-0.2, 0) is 16.0 Å². The van der Waals surface area contributed by atoms with Gasteiger partial charge in [0.1, 0.15) is 12.6 Å². The van der Waals surface area contributed by atoms with E-state index in [4.69, 9.17) is 4.74 Å². The molecule has 2 amide bonds. The van der Waals surface area contributed by atoms with Crippen LogP contribution in [0.5, 0.6) is 0 Å². The molecule has 1 atom stereocenters. The normalized spacial score (nSPS) is 17.1. The Morgan fingerprint density at radius 1 is 1.04 bits per heavy atom. The molecule has 2 aromatic rings. The standard InChI is InChI=1S/C19H19NO3/c21-18(13-7-10-15-8-3-1-4-9-15)20-17(14-23-19(20)22)16-11-5-2-6-12-16/h1-6,8-9,11-12,17H,7,10,13-14H2/t17-/m0/s1. The summed E-state index contributed by atoms with van der Waals surface area (Å²) >= 11 is 0. The lowest BCUT2D eigenvalue weighted by molar-refractivity contribution is -0.129. The van der Waals surface area contributed by atoms with Crippen LogP contribution in [0.3, 0.4) is 0 Å². The van der Waals surface area contributed by atoms with Gasteiger partial charge < -0.3 is 4.74 Å². The van der Waals surface area contributed by atoms with Crippen molar-refractivity contribution in [3.05, 3.63) is 71.8 Å². The van der Waals surface area contributed by atoms with Gasteiger partial charge in [-0.3, -0.25) is 4.79 Å². The summed E-state index contributed by atoms with van der Waals surface area (Å²) in [6, 6.07) is 19.3. The Balaban J connectivity index is 1.62. The summed E-state index contributed by atoms with van der Waals surface area (Å²) < 4.78 is 5.08. The van der Waals surface area contributed by atoms with Gasteiger partial charge in [-0.05, 0) is 24.0 Å². The number of hydrogen-bond donors (Lipinski definition) is 0. The molecule has 1 saturated heterocycles. The number of imide groups is 1. The smallest absolute Gasteiger partial charge is 0.417 e. The maximum absolute atomic E-state index is 12.5. The zero-order valence-corrected chi connectivity index (χ0v) is 12.9. The second-order valence-corrected chi connectivity index (χ2v) is 5.61. The summed E-state index contributed by atoms with van der Waals surface area (Å²) in [5.74, 6) is -0.169. The van der Waals surface area contributed by atoms with E-state index in [1.165, 1.54) is 10.5 Å². The fraction of sp³-hybridized carbons (Fsp3) is 0.263. The Labute approximate surface area is 135 Å². The van der Waals surface area contributed by atoms with Crippen LogP contribution in [0.25, 0.3) is 0 Å². The molecule has 1 fully saturated rings. The van der Waals surface area contributed by atoms with Crippen molar-refractivity contribution in [2.45, 2.75) is 25.3 Å². The Hall–Kier alpha value is -2.62. The number of ether oxygens (including phenoxy) is 1. The third-order valence-electron chi connectivity index (χ3n) is 4.03. The second-order valence-electron chi connectivity index (χ2n) is 5.61. The maximum atomic E-state index is 12.5. The first-order valence-corrected chi connectivity index (χ1v) is 7.83. The fourth-order valence-electron chi connectivity index (χ4n) is 2.83. The molecule has 0 bridgehead atoms. The van der Waals surface area contributed by atoms with Gasteiger partial charge in [0.05, 0.1) is 0 Å². The van der Waals surface area contributed by atoms with E-state index >= 15 is 0 Å². The van der Waals surface area contributed by atoms with Crippen LogP contribution in [0.15, 0.2) is 60.7 Å². The van der Waals surface area contributed by atoms with Crippen molar-refractivity contribution >= 4 is 12.0 Å². The quantitative estimate of drug-likeness (QED) is 0.845. The molecule has 3 rings (SSSR count). The van der Waals surface area contributed by atoms with E-state index in [1.807, 2.05) is 60.7 Å². The van der Waals surface area contributed by atoms with Crippen molar-refractivity contribution in [2.24, 2.45) is 0 Å². The summed E-state index contributed by atoms with van der Waals surface area (Å²) in [4.78, 5) is 25.6. The SMILES string of the molecule is O=C(CCCc1ccccc1)N1C(=O)OC[C@H]1c1ccccc1. The number of hydrogen-bond acceptors (Lipinski definition) is 3. The second kappa shape index (κ2) is 7.09. The summed E-state index contributed by atoms with van der Waals surface area (Å²) in [6.07, 6.45) is 1.34. The number of amides is 2. The lowest BCUT2D eigenvalue weighted by Gasteiger charge is -2.19. The predicted molar refractivity (Wildman–Crippen MR) is 86.8 cm³/mol. The zero-order valence-electron chi connectivity index (χ0n) is 12.9. The summed E-state index contributed by atoms with van der Waals surface area (Å²) in [6.45, 7) is 0.229. The molecule has 0 aromatic heterocycles. The molecule has 0 aliphatic carbocycles. The van der Waals surface area contributed by atoms with E-state index < -0.39 is 6.09 Å². The molecule has 118 valence electrons. The minimum atomic E-state index is -0.538. The van der Waals surface area contributed by atoms with Gasteiger partial charge in [0, 0.05) is 6.42 Å². The molecule has 23 heavy (non-hydrogen) atoms. The largest absolute Gasteiger partial charge is 0.446 e. The molecule has 4 nitrogen and oxygen atoms in total. The lowest BCUT2D eigenvalue weighted by Crippen LogP contribution is -2.34. The average molecular weight is 309 g/mol. The highest BCUT2D eigenvalue weighted by atomic mass is 16.6. The topological polar surface area (TPSA) is 46.6 Å². The van der Waals surface area contributed by atoms with Crippen LogP contribution >= 0.6 is 0 Å². The molecule has 0 saturated carbocycles. The number of benzene rings is 2. The van der Waals surface area contributed by atoms with Crippen LogP contribution < -0.4 is 0 Å². The zero-order chi connectivity index (χ0) is 16.1. The lowest BCUT2D eigenvalue weighted by atomic mass is 10.1. The Kier molecular flexibility index (Phi) is 4.71. The molecule has 0 spiro atoms. The molecule has 2 aromatic carbocycles. The monoisotopic (exact) mass is 309 g/mol. The van der Waals surface area contributed by atoms with Gasteiger partial charge in [-0.15, -0.1) is 0 Å². The highest BCUT2D eigenvalue weighted by Crippen LogP contribution is 2.28. The van der Waals surface area contributed by atoms with Crippen molar-refractivity contribution in [1.82, 2.24) is 4.90 Å². The van der Waals surface area contributed by atoms with E-state index in [9.17, 15) is 9.59 Å².